The van der Waals surface area contributed by atoms with Gasteiger partial charge >= 0.3 is 6.18 Å². The molecule has 9 heteroatoms. The standard InChI is InChI=1S/C25H26F3N3O3/c1-15(2)18-5-4-6-20(13-18)30-22(33)14-31-23(29-16(3)21(11-12-32)24(31)34)17-7-9-19(10-8-17)25(26,27)28/h4-10,13,15,32H,11-12,14H2,1-3H3,(H,30,33). The summed E-state index contributed by atoms with van der Waals surface area (Å²) in [5.41, 5.74) is 1.09. The Morgan fingerprint density at radius 1 is 1.15 bits per heavy atom. The molecule has 6 nitrogen and oxygen atoms in total. The number of rotatable bonds is 7. The highest BCUT2D eigenvalue weighted by atomic mass is 19.4. The number of aliphatic hydroxyl groups is 1. The second-order valence-electron chi connectivity index (χ2n) is 8.27. The lowest BCUT2D eigenvalue weighted by Crippen LogP contribution is -2.33. The molecule has 0 aliphatic rings. The largest absolute Gasteiger partial charge is 0.416 e. The molecule has 3 aromatic rings. The molecule has 0 bridgehead atoms. The summed E-state index contributed by atoms with van der Waals surface area (Å²) in [5, 5.41) is 12.1. The monoisotopic (exact) mass is 473 g/mol. The molecule has 0 unspecified atom stereocenters. The molecule has 1 aromatic heterocycles. The van der Waals surface area contributed by atoms with E-state index in [1.54, 1.807) is 13.0 Å². The minimum absolute atomic E-state index is 0.0447. The highest BCUT2D eigenvalue weighted by Crippen LogP contribution is 2.30. The van der Waals surface area contributed by atoms with Crippen LogP contribution in [0.5, 0.6) is 0 Å². The van der Waals surface area contributed by atoms with Gasteiger partial charge in [-0.2, -0.15) is 13.2 Å². The maximum absolute atomic E-state index is 13.2. The van der Waals surface area contributed by atoms with Crippen LogP contribution in [0.15, 0.2) is 53.3 Å². The predicted octanol–water partition coefficient (Wildman–Crippen LogP) is 4.53. The highest BCUT2D eigenvalue weighted by molar-refractivity contribution is 5.91. The van der Waals surface area contributed by atoms with E-state index in [9.17, 15) is 27.9 Å². The molecule has 2 N–H and O–H groups in total. The van der Waals surface area contributed by atoms with Gasteiger partial charge < -0.3 is 10.4 Å². The number of nitrogens with zero attached hydrogens (tertiary/aromatic N) is 2. The molecule has 34 heavy (non-hydrogen) atoms. The molecule has 1 amide bonds. The van der Waals surface area contributed by atoms with Crippen molar-refractivity contribution in [2.75, 3.05) is 11.9 Å². The van der Waals surface area contributed by atoms with Crippen molar-refractivity contribution in [3.63, 3.8) is 0 Å². The summed E-state index contributed by atoms with van der Waals surface area (Å²) in [4.78, 5) is 30.4. The first-order valence-corrected chi connectivity index (χ1v) is 10.8. The number of hydrogen-bond donors (Lipinski definition) is 2. The van der Waals surface area contributed by atoms with Crippen molar-refractivity contribution in [3.05, 3.63) is 81.3 Å². The third kappa shape index (κ3) is 5.72. The Morgan fingerprint density at radius 3 is 2.41 bits per heavy atom. The third-order valence-electron chi connectivity index (χ3n) is 5.44. The van der Waals surface area contributed by atoms with Crippen molar-refractivity contribution in [1.29, 1.82) is 0 Å². The third-order valence-corrected chi connectivity index (χ3v) is 5.44. The zero-order chi connectivity index (χ0) is 25.0. The molecule has 1 heterocycles. The van der Waals surface area contributed by atoms with E-state index in [1.807, 2.05) is 32.0 Å². The quantitative estimate of drug-likeness (QED) is 0.528. The molecular weight excluding hydrogens is 447 g/mol. The van der Waals surface area contributed by atoms with Gasteiger partial charge in [-0.1, -0.05) is 38.1 Å². The number of anilines is 1. The maximum atomic E-state index is 13.2. The second kappa shape index (κ2) is 10.2. The van der Waals surface area contributed by atoms with Crippen molar-refractivity contribution in [2.45, 2.75) is 45.8 Å². The van der Waals surface area contributed by atoms with Crippen LogP contribution in [0, 0.1) is 6.92 Å². The molecule has 0 atom stereocenters. The zero-order valence-electron chi connectivity index (χ0n) is 19.1. The number of benzene rings is 2. The summed E-state index contributed by atoms with van der Waals surface area (Å²) in [5.74, 6) is -0.158. The number of aliphatic hydroxyl groups excluding tert-OH is 1. The molecule has 0 aliphatic heterocycles. The predicted molar refractivity (Wildman–Crippen MR) is 124 cm³/mol. The first-order valence-electron chi connectivity index (χ1n) is 10.8. The number of nitrogens with one attached hydrogen (secondary N) is 1. The van der Waals surface area contributed by atoms with Crippen molar-refractivity contribution in [2.24, 2.45) is 0 Å². The van der Waals surface area contributed by atoms with Gasteiger partial charge in [-0.05, 0) is 42.7 Å². The van der Waals surface area contributed by atoms with Crippen LogP contribution >= 0.6 is 0 Å². The van der Waals surface area contributed by atoms with Gasteiger partial charge in [-0.15, -0.1) is 0 Å². The Kier molecular flexibility index (Phi) is 7.56. The molecule has 0 radical (unpaired) electrons. The van der Waals surface area contributed by atoms with Crippen LogP contribution in [0.1, 0.15) is 42.1 Å². The summed E-state index contributed by atoms with van der Waals surface area (Å²) in [7, 11) is 0. The van der Waals surface area contributed by atoms with E-state index in [0.717, 1.165) is 22.3 Å². The van der Waals surface area contributed by atoms with Gasteiger partial charge in [0, 0.05) is 35.5 Å². The van der Waals surface area contributed by atoms with Crippen LogP contribution in [0.2, 0.25) is 0 Å². The van der Waals surface area contributed by atoms with E-state index in [0.29, 0.717) is 11.4 Å². The van der Waals surface area contributed by atoms with E-state index in [2.05, 4.69) is 10.3 Å². The number of alkyl halides is 3. The first kappa shape index (κ1) is 25.2. The lowest BCUT2D eigenvalue weighted by Gasteiger charge is -2.16. The fourth-order valence-electron chi connectivity index (χ4n) is 3.60. The van der Waals surface area contributed by atoms with Crippen LogP contribution in [0.25, 0.3) is 11.4 Å². The molecule has 0 fully saturated rings. The Bertz CT molecular complexity index is 1230. The van der Waals surface area contributed by atoms with Crippen LogP contribution in [-0.4, -0.2) is 27.2 Å². The second-order valence-corrected chi connectivity index (χ2v) is 8.27. The minimum Gasteiger partial charge on any atom is -0.396 e. The normalized spacial score (nSPS) is 11.6. The average molecular weight is 473 g/mol. The number of aryl methyl sites for hydroxylation is 1. The number of hydrogen-bond acceptors (Lipinski definition) is 4. The molecule has 0 saturated heterocycles. The fourth-order valence-corrected chi connectivity index (χ4v) is 3.60. The number of carbonyl (C=O) groups excluding carboxylic acids is 1. The van der Waals surface area contributed by atoms with Crippen molar-refractivity contribution >= 4 is 11.6 Å². The average Bonchev–Trinajstić information content (AvgIpc) is 2.78. The van der Waals surface area contributed by atoms with E-state index in [4.69, 9.17) is 0 Å². The molecule has 0 spiro atoms. The van der Waals surface area contributed by atoms with Gasteiger partial charge in [0.2, 0.25) is 5.91 Å². The van der Waals surface area contributed by atoms with Crippen LogP contribution < -0.4 is 10.9 Å². The summed E-state index contributed by atoms with van der Waals surface area (Å²) in [6, 6.07) is 11.6. The summed E-state index contributed by atoms with van der Waals surface area (Å²) < 4.78 is 40.1. The summed E-state index contributed by atoms with van der Waals surface area (Å²) in [6.07, 6.45) is -4.46. The van der Waals surface area contributed by atoms with Gasteiger partial charge in [-0.3, -0.25) is 14.2 Å². The number of amides is 1. The van der Waals surface area contributed by atoms with Crippen molar-refractivity contribution in [3.8, 4) is 11.4 Å². The molecular formula is C25H26F3N3O3. The number of aromatic nitrogens is 2. The van der Waals surface area contributed by atoms with Gasteiger partial charge in [0.15, 0.2) is 0 Å². The molecule has 0 saturated carbocycles. The van der Waals surface area contributed by atoms with Crippen LogP contribution in [0.3, 0.4) is 0 Å². The van der Waals surface area contributed by atoms with E-state index >= 15 is 0 Å². The highest BCUT2D eigenvalue weighted by Gasteiger charge is 2.30. The van der Waals surface area contributed by atoms with Gasteiger partial charge in [0.05, 0.1) is 5.56 Å². The number of carbonyl (C=O) groups is 1. The molecule has 2 aromatic carbocycles. The van der Waals surface area contributed by atoms with E-state index in [1.165, 1.54) is 12.1 Å². The number of halogens is 3. The van der Waals surface area contributed by atoms with E-state index < -0.39 is 29.8 Å². The van der Waals surface area contributed by atoms with Gasteiger partial charge in [-0.25, -0.2) is 4.98 Å². The lowest BCUT2D eigenvalue weighted by atomic mass is 10.0. The molecule has 0 aliphatic carbocycles. The molecule has 3 rings (SSSR count). The zero-order valence-corrected chi connectivity index (χ0v) is 19.1. The van der Waals surface area contributed by atoms with Crippen molar-refractivity contribution < 1.29 is 23.1 Å². The Hall–Kier alpha value is -3.46. The first-order chi connectivity index (χ1) is 16.0. The lowest BCUT2D eigenvalue weighted by molar-refractivity contribution is -0.137. The molecule has 180 valence electrons. The summed E-state index contributed by atoms with van der Waals surface area (Å²) in [6.45, 7) is 4.95. The Morgan fingerprint density at radius 2 is 1.82 bits per heavy atom. The Labute approximate surface area is 195 Å². The SMILES string of the molecule is Cc1nc(-c2ccc(C(F)(F)F)cc2)n(CC(=O)Nc2cccc(C(C)C)c2)c(=O)c1CCO. The maximum Gasteiger partial charge on any atom is 0.416 e. The smallest absolute Gasteiger partial charge is 0.396 e. The van der Waals surface area contributed by atoms with Gasteiger partial charge in [0.25, 0.3) is 5.56 Å². The van der Waals surface area contributed by atoms with Crippen LogP contribution in [0.4, 0.5) is 18.9 Å². The topological polar surface area (TPSA) is 84.2 Å². The van der Waals surface area contributed by atoms with Gasteiger partial charge in [0.1, 0.15) is 12.4 Å². The van der Waals surface area contributed by atoms with Crippen LogP contribution in [-0.2, 0) is 23.9 Å². The van der Waals surface area contributed by atoms with E-state index in [-0.39, 0.29) is 35.9 Å². The van der Waals surface area contributed by atoms with Crippen molar-refractivity contribution in [1.82, 2.24) is 9.55 Å². The fraction of sp³-hybridized carbons (Fsp3) is 0.320. The summed E-state index contributed by atoms with van der Waals surface area (Å²) >= 11 is 0. The minimum atomic E-state index is -4.50. The Balaban J connectivity index is 2.01.